The van der Waals surface area contributed by atoms with Crippen LogP contribution in [-0.2, 0) is 22.4 Å². The number of carbonyl (C=O) groups excluding carboxylic acids is 3. The highest BCUT2D eigenvalue weighted by atomic mass is 32.1. The van der Waals surface area contributed by atoms with Gasteiger partial charge in [0.1, 0.15) is 5.41 Å². The minimum Gasteiger partial charge on any atom is -0.276 e. The monoisotopic (exact) mass is 279 g/mol. The Morgan fingerprint density at radius 1 is 1.26 bits per heavy atom. The molecule has 0 aromatic carbocycles. The SMILES string of the molecule is CC1(C)C(=O)NC(=O)N(c2nc3c(s2)CCC3)C1=O. The molecule has 0 bridgehead atoms. The smallest absolute Gasteiger partial charge is 0.276 e. The van der Waals surface area contributed by atoms with Crippen molar-refractivity contribution in [3.8, 4) is 0 Å². The van der Waals surface area contributed by atoms with Gasteiger partial charge in [-0.15, -0.1) is 11.3 Å². The van der Waals surface area contributed by atoms with Crippen LogP contribution in [0.4, 0.5) is 9.93 Å². The van der Waals surface area contributed by atoms with Crippen molar-refractivity contribution in [3.05, 3.63) is 10.6 Å². The maximum absolute atomic E-state index is 12.3. The number of nitrogens with one attached hydrogen (secondary N) is 1. The van der Waals surface area contributed by atoms with Gasteiger partial charge in [-0.05, 0) is 33.1 Å². The van der Waals surface area contributed by atoms with E-state index in [-0.39, 0.29) is 0 Å². The number of rotatable bonds is 1. The molecule has 1 aromatic heterocycles. The van der Waals surface area contributed by atoms with Crippen LogP contribution < -0.4 is 10.2 Å². The van der Waals surface area contributed by atoms with Crippen molar-refractivity contribution in [2.24, 2.45) is 5.41 Å². The molecule has 2 aliphatic rings. The molecule has 3 rings (SSSR count). The molecule has 0 radical (unpaired) electrons. The van der Waals surface area contributed by atoms with Gasteiger partial charge in [-0.1, -0.05) is 0 Å². The summed E-state index contributed by atoms with van der Waals surface area (Å²) in [5.41, 5.74) is -0.278. The summed E-state index contributed by atoms with van der Waals surface area (Å²) < 4.78 is 0. The fraction of sp³-hybridized carbons (Fsp3) is 0.500. The van der Waals surface area contributed by atoms with Gasteiger partial charge < -0.3 is 0 Å². The summed E-state index contributed by atoms with van der Waals surface area (Å²) in [5.74, 6) is -1.09. The van der Waals surface area contributed by atoms with Crippen LogP contribution in [0.3, 0.4) is 0 Å². The first-order valence-corrected chi connectivity index (χ1v) is 6.91. The van der Waals surface area contributed by atoms with Crippen LogP contribution in [-0.4, -0.2) is 22.8 Å². The molecule has 7 heteroatoms. The van der Waals surface area contributed by atoms with Crippen LogP contribution in [0.2, 0.25) is 0 Å². The highest BCUT2D eigenvalue weighted by Gasteiger charge is 2.48. The predicted octanol–water partition coefficient (Wildman–Crippen LogP) is 1.24. The maximum atomic E-state index is 12.3. The lowest BCUT2D eigenvalue weighted by molar-refractivity contribution is -0.140. The molecule has 100 valence electrons. The highest BCUT2D eigenvalue weighted by molar-refractivity contribution is 7.16. The molecule has 1 saturated heterocycles. The lowest BCUT2D eigenvalue weighted by atomic mass is 9.89. The molecule has 0 spiro atoms. The highest BCUT2D eigenvalue weighted by Crippen LogP contribution is 2.35. The van der Waals surface area contributed by atoms with Crippen molar-refractivity contribution in [2.45, 2.75) is 33.1 Å². The number of aryl methyl sites for hydroxylation is 2. The van der Waals surface area contributed by atoms with E-state index in [1.54, 1.807) is 0 Å². The first kappa shape index (κ1) is 12.3. The molecular weight excluding hydrogens is 266 g/mol. The summed E-state index contributed by atoms with van der Waals surface area (Å²) in [4.78, 5) is 42.3. The lowest BCUT2D eigenvalue weighted by Crippen LogP contribution is -2.62. The Bertz CT molecular complexity index is 584. The largest absolute Gasteiger partial charge is 0.337 e. The van der Waals surface area contributed by atoms with Gasteiger partial charge in [0.05, 0.1) is 5.69 Å². The second-order valence-corrected chi connectivity index (χ2v) is 6.31. The van der Waals surface area contributed by atoms with Crippen molar-refractivity contribution < 1.29 is 14.4 Å². The molecule has 6 nitrogen and oxygen atoms in total. The molecule has 1 aliphatic heterocycles. The van der Waals surface area contributed by atoms with Gasteiger partial charge in [-0.2, -0.15) is 0 Å². The molecular formula is C12H13N3O3S. The van der Waals surface area contributed by atoms with Crippen molar-refractivity contribution in [2.75, 3.05) is 4.90 Å². The van der Waals surface area contributed by atoms with E-state index in [4.69, 9.17) is 0 Å². The number of anilines is 1. The van der Waals surface area contributed by atoms with E-state index in [1.165, 1.54) is 25.2 Å². The third-order valence-corrected chi connectivity index (χ3v) is 4.65. The van der Waals surface area contributed by atoms with Crippen molar-refractivity contribution in [3.63, 3.8) is 0 Å². The van der Waals surface area contributed by atoms with Gasteiger partial charge in [0.15, 0.2) is 0 Å². The van der Waals surface area contributed by atoms with Crippen LogP contribution in [0.15, 0.2) is 0 Å². The third kappa shape index (κ3) is 1.68. The lowest BCUT2D eigenvalue weighted by Gasteiger charge is -2.32. The molecule has 1 N–H and O–H groups in total. The van der Waals surface area contributed by atoms with Gasteiger partial charge in [0, 0.05) is 4.88 Å². The summed E-state index contributed by atoms with van der Waals surface area (Å²) in [6.07, 6.45) is 2.90. The molecule has 0 atom stereocenters. The second kappa shape index (κ2) is 3.86. The van der Waals surface area contributed by atoms with Gasteiger partial charge in [0.25, 0.3) is 5.91 Å². The zero-order valence-corrected chi connectivity index (χ0v) is 11.5. The van der Waals surface area contributed by atoms with Gasteiger partial charge >= 0.3 is 6.03 Å². The molecule has 0 unspecified atom stereocenters. The van der Waals surface area contributed by atoms with Gasteiger partial charge in [0.2, 0.25) is 11.0 Å². The maximum Gasteiger partial charge on any atom is 0.337 e. The van der Waals surface area contributed by atoms with E-state index >= 15 is 0 Å². The van der Waals surface area contributed by atoms with Gasteiger partial charge in [-0.3, -0.25) is 14.9 Å². The standard InChI is InChI=1S/C12H13N3O3S/c1-12(2)8(16)14-10(18)15(9(12)17)11-13-6-4-3-5-7(6)19-11/h3-5H2,1-2H3,(H,14,16,18). The number of hydrogen-bond acceptors (Lipinski definition) is 5. The van der Waals surface area contributed by atoms with Crippen molar-refractivity contribution in [1.29, 1.82) is 0 Å². The average molecular weight is 279 g/mol. The van der Waals surface area contributed by atoms with E-state index in [0.29, 0.717) is 5.13 Å². The number of thiazole rings is 1. The minimum absolute atomic E-state index is 0.368. The van der Waals surface area contributed by atoms with E-state index < -0.39 is 23.3 Å². The predicted molar refractivity (Wildman–Crippen MR) is 68.9 cm³/mol. The molecule has 1 aromatic rings. The van der Waals surface area contributed by atoms with E-state index in [2.05, 4.69) is 10.3 Å². The van der Waals surface area contributed by atoms with Crippen molar-refractivity contribution >= 4 is 34.3 Å². The number of amides is 4. The molecule has 1 fully saturated rings. The van der Waals surface area contributed by atoms with Crippen LogP contribution >= 0.6 is 11.3 Å². The zero-order valence-electron chi connectivity index (χ0n) is 10.6. The van der Waals surface area contributed by atoms with Crippen LogP contribution in [0.25, 0.3) is 0 Å². The number of carbonyl (C=O) groups is 3. The topological polar surface area (TPSA) is 79.4 Å². The van der Waals surface area contributed by atoms with Gasteiger partial charge in [-0.25, -0.2) is 14.7 Å². The summed E-state index contributed by atoms with van der Waals surface area (Å²) >= 11 is 1.36. The number of nitrogens with zero attached hydrogens (tertiary/aromatic N) is 2. The molecule has 1 aliphatic carbocycles. The Labute approximate surface area is 113 Å². The third-order valence-electron chi connectivity index (χ3n) is 3.50. The average Bonchev–Trinajstić information content (AvgIpc) is 2.87. The Hall–Kier alpha value is -1.76. The summed E-state index contributed by atoms with van der Waals surface area (Å²) in [6.45, 7) is 3.01. The first-order valence-electron chi connectivity index (χ1n) is 6.10. The fourth-order valence-corrected chi connectivity index (χ4v) is 3.37. The molecule has 4 amide bonds. The summed E-state index contributed by atoms with van der Waals surface area (Å²) in [5, 5.41) is 2.58. The zero-order chi connectivity index (χ0) is 13.8. The number of barbiturate groups is 1. The number of fused-ring (bicyclic) bond motifs is 1. The molecule has 19 heavy (non-hydrogen) atoms. The van der Waals surface area contributed by atoms with E-state index in [0.717, 1.165) is 34.7 Å². The van der Waals surface area contributed by atoms with E-state index in [1.807, 2.05) is 0 Å². The number of hydrogen-bond donors (Lipinski definition) is 1. The van der Waals surface area contributed by atoms with Crippen LogP contribution in [0.5, 0.6) is 0 Å². The number of aromatic nitrogens is 1. The van der Waals surface area contributed by atoms with E-state index in [9.17, 15) is 14.4 Å². The van der Waals surface area contributed by atoms with Crippen molar-refractivity contribution in [1.82, 2.24) is 10.3 Å². The minimum atomic E-state index is -1.25. The summed E-state index contributed by atoms with van der Waals surface area (Å²) in [7, 11) is 0. The first-order chi connectivity index (χ1) is 8.91. The molecule has 2 heterocycles. The Morgan fingerprint density at radius 3 is 2.68 bits per heavy atom. The second-order valence-electron chi connectivity index (χ2n) is 5.24. The Morgan fingerprint density at radius 2 is 2.00 bits per heavy atom. The Balaban J connectivity index is 2.01. The number of imide groups is 2. The Kier molecular flexibility index (Phi) is 2.50. The van der Waals surface area contributed by atoms with Crippen LogP contribution in [0, 0.1) is 5.41 Å². The van der Waals surface area contributed by atoms with Crippen LogP contribution in [0.1, 0.15) is 30.8 Å². The number of urea groups is 1. The summed E-state index contributed by atoms with van der Waals surface area (Å²) in [6, 6.07) is -0.707. The quantitative estimate of drug-likeness (QED) is 0.784. The fourth-order valence-electron chi connectivity index (χ4n) is 2.22. The molecule has 0 saturated carbocycles. The normalized spacial score (nSPS) is 21.6.